The highest BCUT2D eigenvalue weighted by atomic mass is 35.5. The van der Waals surface area contributed by atoms with E-state index in [1.165, 1.54) is 42.1 Å². The molecule has 0 fully saturated rings. The van der Waals surface area contributed by atoms with E-state index in [1.54, 1.807) is 12.1 Å². The molecule has 3 rings (SSSR count). The predicted octanol–water partition coefficient (Wildman–Crippen LogP) is 6.28. The summed E-state index contributed by atoms with van der Waals surface area (Å²) in [7, 11) is -4.11. The van der Waals surface area contributed by atoms with Gasteiger partial charge in [0.2, 0.25) is 5.91 Å². The second-order valence-corrected chi connectivity index (χ2v) is 10.1. The summed E-state index contributed by atoms with van der Waals surface area (Å²) in [6.07, 6.45) is -4.35. The summed E-state index contributed by atoms with van der Waals surface area (Å²) < 4.78 is 65.6. The fourth-order valence-corrected chi connectivity index (χ4v) is 4.73. The molecule has 3 aromatic rings. The molecule has 0 spiro atoms. The van der Waals surface area contributed by atoms with Crippen LogP contribution in [0.5, 0.6) is 0 Å². The van der Waals surface area contributed by atoms with E-state index in [4.69, 9.17) is 11.6 Å². The van der Waals surface area contributed by atoms with Crippen LogP contribution in [-0.4, -0.2) is 20.1 Å². The summed E-state index contributed by atoms with van der Waals surface area (Å²) in [6, 6.07) is 16.5. The number of alkyl halides is 3. The standard InChI is InChI=1S/C22H18ClF3N2O3S2/c23-16-4-8-19(9-5-16)32-13-12-21(29)27-17-6-10-20(11-7-17)33(30,31)28-18-3-1-2-15(14-18)22(24,25)26/h1-11,14,28H,12-13H2,(H,27,29). The van der Waals surface area contributed by atoms with Crippen LogP contribution >= 0.6 is 23.4 Å². The Labute approximate surface area is 198 Å². The molecule has 0 atom stereocenters. The van der Waals surface area contributed by atoms with Crippen molar-refractivity contribution in [3.05, 3.63) is 83.4 Å². The Morgan fingerprint density at radius 2 is 1.61 bits per heavy atom. The van der Waals surface area contributed by atoms with Crippen LogP contribution in [0.1, 0.15) is 12.0 Å². The highest BCUT2D eigenvalue weighted by molar-refractivity contribution is 7.99. The van der Waals surface area contributed by atoms with Crippen LogP contribution in [0.3, 0.4) is 0 Å². The Balaban J connectivity index is 1.56. The Bertz CT molecular complexity index is 1220. The van der Waals surface area contributed by atoms with Crippen molar-refractivity contribution in [2.45, 2.75) is 22.4 Å². The first-order chi connectivity index (χ1) is 15.5. The van der Waals surface area contributed by atoms with E-state index in [0.29, 0.717) is 22.5 Å². The molecule has 11 heteroatoms. The molecule has 0 aromatic heterocycles. The van der Waals surface area contributed by atoms with Crippen molar-refractivity contribution in [2.24, 2.45) is 0 Å². The third-order valence-electron chi connectivity index (χ3n) is 4.30. The van der Waals surface area contributed by atoms with Crippen LogP contribution in [0.4, 0.5) is 24.5 Å². The van der Waals surface area contributed by atoms with Crippen molar-refractivity contribution in [2.75, 3.05) is 15.8 Å². The van der Waals surface area contributed by atoms with Gasteiger partial charge in [-0.05, 0) is 66.7 Å². The number of hydrogen-bond donors (Lipinski definition) is 2. The van der Waals surface area contributed by atoms with E-state index in [1.807, 2.05) is 12.1 Å². The molecule has 0 aliphatic rings. The maximum atomic E-state index is 12.8. The highest BCUT2D eigenvalue weighted by Crippen LogP contribution is 2.31. The topological polar surface area (TPSA) is 75.3 Å². The van der Waals surface area contributed by atoms with Gasteiger partial charge in [0, 0.05) is 33.5 Å². The van der Waals surface area contributed by atoms with Crippen molar-refractivity contribution in [1.82, 2.24) is 0 Å². The maximum Gasteiger partial charge on any atom is 0.416 e. The lowest BCUT2D eigenvalue weighted by atomic mass is 10.2. The van der Waals surface area contributed by atoms with E-state index in [-0.39, 0.29) is 22.9 Å². The number of hydrogen-bond acceptors (Lipinski definition) is 4. The lowest BCUT2D eigenvalue weighted by molar-refractivity contribution is -0.137. The highest BCUT2D eigenvalue weighted by Gasteiger charge is 2.30. The first-order valence-corrected chi connectivity index (χ1v) is 12.4. The minimum atomic E-state index is -4.59. The SMILES string of the molecule is O=C(CCSc1ccc(Cl)cc1)Nc1ccc(S(=O)(=O)Nc2cccc(C(F)(F)F)c2)cc1. The average molecular weight is 515 g/mol. The lowest BCUT2D eigenvalue weighted by Gasteiger charge is -2.12. The van der Waals surface area contributed by atoms with Crippen LogP contribution in [0.15, 0.2) is 82.6 Å². The van der Waals surface area contributed by atoms with Gasteiger partial charge in [0.25, 0.3) is 10.0 Å². The first-order valence-electron chi connectivity index (χ1n) is 9.51. The van der Waals surface area contributed by atoms with Crippen molar-refractivity contribution >= 4 is 50.7 Å². The van der Waals surface area contributed by atoms with Crippen molar-refractivity contribution in [3.63, 3.8) is 0 Å². The van der Waals surface area contributed by atoms with Gasteiger partial charge in [-0.3, -0.25) is 9.52 Å². The van der Waals surface area contributed by atoms with Gasteiger partial charge in [-0.15, -0.1) is 11.8 Å². The molecule has 0 radical (unpaired) electrons. The molecular formula is C22H18ClF3N2O3S2. The third-order valence-corrected chi connectivity index (χ3v) is 6.96. The largest absolute Gasteiger partial charge is 0.416 e. The fourth-order valence-electron chi connectivity index (χ4n) is 2.71. The van der Waals surface area contributed by atoms with Crippen LogP contribution < -0.4 is 10.0 Å². The van der Waals surface area contributed by atoms with Crippen LogP contribution in [0.25, 0.3) is 0 Å². The number of amides is 1. The van der Waals surface area contributed by atoms with Crippen LogP contribution in [-0.2, 0) is 21.0 Å². The quantitative estimate of drug-likeness (QED) is 0.347. The molecule has 0 aliphatic heterocycles. The van der Waals surface area contributed by atoms with E-state index in [2.05, 4.69) is 10.0 Å². The zero-order chi connectivity index (χ0) is 24.1. The van der Waals surface area contributed by atoms with Gasteiger partial charge in [0.15, 0.2) is 0 Å². The van der Waals surface area contributed by atoms with Crippen LogP contribution in [0, 0.1) is 0 Å². The van der Waals surface area contributed by atoms with Crippen molar-refractivity contribution in [3.8, 4) is 0 Å². The number of benzene rings is 3. The van der Waals surface area contributed by atoms with Crippen LogP contribution in [0.2, 0.25) is 5.02 Å². The molecule has 174 valence electrons. The number of rotatable bonds is 8. The Kier molecular flexibility index (Phi) is 7.93. The number of carbonyl (C=O) groups is 1. The van der Waals surface area contributed by atoms with Gasteiger partial charge in [0.1, 0.15) is 0 Å². The minimum Gasteiger partial charge on any atom is -0.326 e. The average Bonchev–Trinajstić information content (AvgIpc) is 2.75. The molecule has 0 heterocycles. The van der Waals surface area contributed by atoms with Crippen molar-refractivity contribution < 1.29 is 26.4 Å². The summed E-state index contributed by atoms with van der Waals surface area (Å²) in [5.74, 6) is 0.301. The number of carbonyl (C=O) groups excluding carboxylic acids is 1. The van der Waals surface area contributed by atoms with E-state index < -0.39 is 21.8 Å². The molecule has 33 heavy (non-hydrogen) atoms. The molecule has 3 aromatic carbocycles. The van der Waals surface area contributed by atoms with Gasteiger partial charge in [-0.1, -0.05) is 17.7 Å². The minimum absolute atomic E-state index is 0.156. The van der Waals surface area contributed by atoms with Gasteiger partial charge in [-0.25, -0.2) is 8.42 Å². The second-order valence-electron chi connectivity index (χ2n) is 6.81. The number of nitrogens with one attached hydrogen (secondary N) is 2. The predicted molar refractivity (Wildman–Crippen MR) is 124 cm³/mol. The molecular weight excluding hydrogens is 497 g/mol. The molecule has 0 aliphatic carbocycles. The molecule has 0 saturated carbocycles. The number of anilines is 2. The molecule has 1 amide bonds. The summed E-state index contributed by atoms with van der Waals surface area (Å²) in [5, 5.41) is 3.31. The number of halogens is 4. The lowest BCUT2D eigenvalue weighted by Crippen LogP contribution is -2.15. The molecule has 5 nitrogen and oxygen atoms in total. The first kappa shape index (κ1) is 24.9. The van der Waals surface area contributed by atoms with Gasteiger partial charge in [0.05, 0.1) is 10.5 Å². The van der Waals surface area contributed by atoms with Gasteiger partial charge in [-0.2, -0.15) is 13.2 Å². The second kappa shape index (κ2) is 10.5. The maximum absolute atomic E-state index is 12.8. The zero-order valence-corrected chi connectivity index (χ0v) is 19.3. The molecule has 0 bridgehead atoms. The van der Waals surface area contributed by atoms with Gasteiger partial charge >= 0.3 is 6.18 Å². The zero-order valence-electron chi connectivity index (χ0n) is 16.9. The Morgan fingerprint density at radius 1 is 0.939 bits per heavy atom. The number of sulfonamides is 1. The summed E-state index contributed by atoms with van der Waals surface area (Å²) in [4.78, 5) is 12.9. The number of thioether (sulfide) groups is 1. The molecule has 2 N–H and O–H groups in total. The summed E-state index contributed by atoms with van der Waals surface area (Å²) >= 11 is 7.33. The fraction of sp³-hybridized carbons (Fsp3) is 0.136. The summed E-state index contributed by atoms with van der Waals surface area (Å²) in [5.41, 5.74) is -0.773. The smallest absolute Gasteiger partial charge is 0.326 e. The molecule has 0 saturated heterocycles. The van der Waals surface area contributed by atoms with E-state index in [9.17, 15) is 26.4 Å². The van der Waals surface area contributed by atoms with Crippen molar-refractivity contribution in [1.29, 1.82) is 0 Å². The van der Waals surface area contributed by atoms with E-state index in [0.717, 1.165) is 17.0 Å². The monoisotopic (exact) mass is 514 g/mol. The third kappa shape index (κ3) is 7.41. The molecule has 0 unspecified atom stereocenters. The Morgan fingerprint density at radius 3 is 2.24 bits per heavy atom. The Hall–Kier alpha value is -2.69. The van der Waals surface area contributed by atoms with E-state index >= 15 is 0 Å². The normalized spacial score (nSPS) is 11.8. The van der Waals surface area contributed by atoms with Gasteiger partial charge < -0.3 is 5.32 Å². The summed E-state index contributed by atoms with van der Waals surface area (Å²) in [6.45, 7) is 0.